The van der Waals surface area contributed by atoms with Crippen LogP contribution in [0.25, 0.3) is 0 Å². The lowest BCUT2D eigenvalue weighted by Crippen LogP contribution is -2.30. The molecule has 0 heterocycles. The molecule has 0 aliphatic heterocycles. The molecule has 0 spiro atoms. The first-order valence-corrected chi connectivity index (χ1v) is 45.5. The Bertz CT molecular complexity index is 1940. The maximum atomic E-state index is 13.1. The van der Waals surface area contributed by atoms with E-state index in [1.54, 1.807) is 0 Å². The van der Waals surface area contributed by atoms with E-state index in [4.69, 9.17) is 37.0 Å². The molecule has 19 heteroatoms. The molecule has 17 nitrogen and oxygen atoms in total. The molecule has 0 saturated carbocycles. The van der Waals surface area contributed by atoms with Crippen molar-refractivity contribution in [2.45, 2.75) is 452 Å². The van der Waals surface area contributed by atoms with Crippen molar-refractivity contribution < 1.29 is 80.2 Å². The van der Waals surface area contributed by atoms with E-state index in [-0.39, 0.29) is 25.7 Å². The molecule has 0 aromatic rings. The molecule has 0 aromatic carbocycles. The van der Waals surface area contributed by atoms with Crippen molar-refractivity contribution >= 4 is 39.5 Å². The number of carbonyl (C=O) groups is 4. The summed E-state index contributed by atoms with van der Waals surface area (Å²) in [6, 6.07) is 0. The van der Waals surface area contributed by atoms with Crippen LogP contribution in [-0.2, 0) is 65.4 Å². The molecule has 0 radical (unpaired) electrons. The highest BCUT2D eigenvalue weighted by molar-refractivity contribution is 7.47. The molecule has 0 aliphatic rings. The lowest BCUT2D eigenvalue weighted by atomic mass is 10.0. The highest BCUT2D eigenvalue weighted by atomic mass is 31.2. The van der Waals surface area contributed by atoms with Crippen molar-refractivity contribution in [3.05, 3.63) is 0 Å². The van der Waals surface area contributed by atoms with E-state index >= 15 is 0 Å². The van der Waals surface area contributed by atoms with Gasteiger partial charge in [0.05, 0.1) is 26.4 Å². The molecule has 0 aromatic heterocycles. The van der Waals surface area contributed by atoms with Gasteiger partial charge in [0.2, 0.25) is 0 Å². The van der Waals surface area contributed by atoms with Crippen molar-refractivity contribution in [1.29, 1.82) is 0 Å². The van der Waals surface area contributed by atoms with Gasteiger partial charge in [-0.1, -0.05) is 382 Å². The lowest BCUT2D eigenvalue weighted by molar-refractivity contribution is -0.161. The van der Waals surface area contributed by atoms with Crippen LogP contribution in [0.15, 0.2) is 0 Å². The normalized spacial score (nSPS) is 13.9. The number of esters is 4. The maximum Gasteiger partial charge on any atom is 0.472 e. The third kappa shape index (κ3) is 76.1. The Morgan fingerprint density at radius 1 is 0.267 bits per heavy atom. The van der Waals surface area contributed by atoms with Crippen LogP contribution in [0.2, 0.25) is 0 Å². The number of aliphatic hydroxyl groups excluding tert-OH is 1. The second-order valence-electron chi connectivity index (χ2n) is 30.5. The van der Waals surface area contributed by atoms with Gasteiger partial charge in [-0.05, 0) is 37.5 Å². The molecule has 0 amide bonds. The largest absolute Gasteiger partial charge is 0.472 e. The quantitative estimate of drug-likeness (QED) is 0.0222. The highest BCUT2D eigenvalue weighted by Crippen LogP contribution is 2.45. The van der Waals surface area contributed by atoms with Crippen LogP contribution in [0.1, 0.15) is 433 Å². The van der Waals surface area contributed by atoms with Crippen LogP contribution in [0.3, 0.4) is 0 Å². The minimum Gasteiger partial charge on any atom is -0.462 e. The fourth-order valence-electron chi connectivity index (χ4n) is 12.7. The van der Waals surface area contributed by atoms with Gasteiger partial charge >= 0.3 is 39.5 Å². The van der Waals surface area contributed by atoms with Crippen molar-refractivity contribution in [1.82, 2.24) is 0 Å². The average molecular weight is 1480 g/mol. The van der Waals surface area contributed by atoms with E-state index in [2.05, 4.69) is 41.5 Å². The number of hydrogen-bond acceptors (Lipinski definition) is 15. The Morgan fingerprint density at radius 2 is 0.455 bits per heavy atom. The summed E-state index contributed by atoms with van der Waals surface area (Å²) in [7, 11) is -9.92. The first-order chi connectivity index (χ1) is 48.9. The molecule has 0 rings (SSSR count). The van der Waals surface area contributed by atoms with Crippen LogP contribution in [0.5, 0.6) is 0 Å². The summed E-state index contributed by atoms with van der Waals surface area (Å²) < 4.78 is 68.8. The SMILES string of the molecule is CCCCCCCCCCCCCCCC(=O)O[C@H](COC(=O)CCCCCCCCCCCCCC)COP(=O)(O)OC[C@H](O)COP(=O)(O)OC[C@@H](COC(=O)CCCCCCCCCCCCCCC(C)C)OC(=O)CCCCCCCCCCCCCCCCCCCCC(C)C. The first kappa shape index (κ1) is 99.1. The predicted octanol–water partition coefficient (Wildman–Crippen LogP) is 24.7. The third-order valence-electron chi connectivity index (χ3n) is 19.2. The van der Waals surface area contributed by atoms with Gasteiger partial charge in [-0.25, -0.2) is 9.13 Å². The van der Waals surface area contributed by atoms with Crippen LogP contribution >= 0.6 is 15.6 Å². The highest BCUT2D eigenvalue weighted by Gasteiger charge is 2.30. The Labute approximate surface area is 619 Å². The van der Waals surface area contributed by atoms with Crippen LogP contribution < -0.4 is 0 Å². The summed E-state index contributed by atoms with van der Waals surface area (Å²) in [6.45, 7) is 9.69. The van der Waals surface area contributed by atoms with Gasteiger partial charge in [-0.15, -0.1) is 0 Å². The fraction of sp³-hybridized carbons (Fsp3) is 0.951. The van der Waals surface area contributed by atoms with E-state index in [0.717, 1.165) is 102 Å². The van der Waals surface area contributed by atoms with Crippen molar-refractivity contribution in [2.24, 2.45) is 11.8 Å². The first-order valence-electron chi connectivity index (χ1n) is 42.5. The molecule has 600 valence electrons. The monoisotopic (exact) mass is 1480 g/mol. The van der Waals surface area contributed by atoms with Gasteiger partial charge in [-0.3, -0.25) is 37.3 Å². The van der Waals surface area contributed by atoms with Crippen LogP contribution in [-0.4, -0.2) is 96.7 Å². The molecule has 0 bridgehead atoms. The van der Waals surface area contributed by atoms with E-state index < -0.39 is 97.5 Å². The zero-order chi connectivity index (χ0) is 74.2. The number of unbranched alkanes of at least 4 members (excludes halogenated alkanes) is 51. The minimum atomic E-state index is -4.96. The number of rotatable bonds is 81. The number of carbonyl (C=O) groups excluding carboxylic acids is 4. The average Bonchev–Trinajstić information content (AvgIpc) is 0.956. The predicted molar refractivity (Wildman–Crippen MR) is 414 cm³/mol. The second-order valence-corrected chi connectivity index (χ2v) is 33.4. The summed E-state index contributed by atoms with van der Waals surface area (Å²) in [4.78, 5) is 73.1. The molecule has 0 aliphatic carbocycles. The van der Waals surface area contributed by atoms with Crippen LogP contribution in [0, 0.1) is 11.8 Å². The Hall–Kier alpha value is -1.94. The van der Waals surface area contributed by atoms with Crippen LogP contribution in [0.4, 0.5) is 0 Å². The summed E-state index contributed by atoms with van der Waals surface area (Å²) in [5.41, 5.74) is 0. The van der Waals surface area contributed by atoms with Crippen molar-refractivity contribution in [3.8, 4) is 0 Å². The number of ether oxygens (including phenoxy) is 4. The number of phosphoric ester groups is 2. The van der Waals surface area contributed by atoms with Gasteiger partial charge in [0, 0.05) is 25.7 Å². The number of aliphatic hydroxyl groups is 1. The molecule has 0 fully saturated rings. The molecule has 101 heavy (non-hydrogen) atoms. The van der Waals surface area contributed by atoms with E-state index in [1.165, 1.54) is 250 Å². The Morgan fingerprint density at radius 3 is 0.673 bits per heavy atom. The zero-order valence-corrected chi connectivity index (χ0v) is 68.0. The zero-order valence-electron chi connectivity index (χ0n) is 66.2. The van der Waals surface area contributed by atoms with Gasteiger partial charge in [0.25, 0.3) is 0 Å². The van der Waals surface area contributed by atoms with E-state index in [9.17, 15) is 43.2 Å². The van der Waals surface area contributed by atoms with Gasteiger partial charge in [0.1, 0.15) is 19.3 Å². The van der Waals surface area contributed by atoms with Gasteiger partial charge in [-0.2, -0.15) is 0 Å². The topological polar surface area (TPSA) is 237 Å². The molecule has 2 unspecified atom stereocenters. The summed E-state index contributed by atoms with van der Waals surface area (Å²) in [6.07, 6.45) is 63.7. The summed E-state index contributed by atoms with van der Waals surface area (Å²) in [5.74, 6) is -0.503. The summed E-state index contributed by atoms with van der Waals surface area (Å²) >= 11 is 0. The smallest absolute Gasteiger partial charge is 0.462 e. The minimum absolute atomic E-state index is 0.108. The van der Waals surface area contributed by atoms with E-state index in [1.807, 2.05) is 0 Å². The third-order valence-corrected chi connectivity index (χ3v) is 21.1. The van der Waals surface area contributed by atoms with Gasteiger partial charge < -0.3 is 33.8 Å². The standard InChI is InChI=1S/C82H160O17P2/c1-7-9-11-13-15-17-19-27-36-42-48-54-60-66-81(86)98-77(70-92-79(84)64-58-52-46-40-34-20-18-16-14-12-10-8-2)72-96-100(88,89)94-68-76(83)69-95-101(90,91)97-73-78(71-93-80(85)65-59-53-47-41-35-31-30-33-39-45-51-57-63-75(5)6)99-82(87)67-61-55-49-43-37-29-26-24-22-21-23-25-28-32-38-44-50-56-62-74(3)4/h74-78,83H,7-73H2,1-6H3,(H,88,89)(H,90,91)/t76-,77+,78+/m0/s1. The molecule has 3 N–H and O–H groups in total. The lowest BCUT2D eigenvalue weighted by Gasteiger charge is -2.21. The van der Waals surface area contributed by atoms with Gasteiger partial charge in [0.15, 0.2) is 12.2 Å². The number of phosphoric acid groups is 2. The molecular formula is C82H160O17P2. The molecule has 0 saturated heterocycles. The maximum absolute atomic E-state index is 13.1. The second kappa shape index (κ2) is 73.6. The Balaban J connectivity index is 5.23. The molecular weight excluding hydrogens is 1320 g/mol. The number of hydrogen-bond donors (Lipinski definition) is 3. The fourth-order valence-corrected chi connectivity index (χ4v) is 14.3. The summed E-state index contributed by atoms with van der Waals surface area (Å²) in [5, 5.41) is 10.6. The Kier molecular flexibility index (Phi) is 72.2. The van der Waals surface area contributed by atoms with Crippen molar-refractivity contribution in [2.75, 3.05) is 39.6 Å². The molecule has 5 atom stereocenters. The van der Waals surface area contributed by atoms with Crippen molar-refractivity contribution in [3.63, 3.8) is 0 Å². The van der Waals surface area contributed by atoms with E-state index in [0.29, 0.717) is 25.7 Å².